The lowest BCUT2D eigenvalue weighted by Crippen LogP contribution is -2.51. The molecule has 3 aromatic heterocycles. The number of aryl methyl sites for hydroxylation is 1. The largest absolute Gasteiger partial charge is 0.389 e. The van der Waals surface area contributed by atoms with E-state index in [1.54, 1.807) is 0 Å². The predicted molar refractivity (Wildman–Crippen MR) is 140 cm³/mol. The number of β-amino-alcohol motifs (C(OH)–C–C–N with tert-alkyl or cyclic N) is 1. The first-order valence-electron chi connectivity index (χ1n) is 11.6. The fourth-order valence-corrected chi connectivity index (χ4v) is 6.21. The monoisotopic (exact) mass is 539 g/mol. The first-order valence-corrected chi connectivity index (χ1v) is 13.2. The number of nitrogens with one attached hydrogen (secondary N) is 2. The molecule has 5 heterocycles. The summed E-state index contributed by atoms with van der Waals surface area (Å²) in [6, 6.07) is 8.52. The minimum Gasteiger partial charge on any atom is -0.389 e. The van der Waals surface area contributed by atoms with E-state index in [0.717, 1.165) is 70.0 Å². The number of aliphatic hydroxyl groups is 1. The van der Waals surface area contributed by atoms with Crippen LogP contribution >= 0.6 is 27.7 Å². The molecule has 2 saturated heterocycles. The maximum atomic E-state index is 9.87. The molecule has 0 unspecified atom stereocenters. The highest BCUT2D eigenvalue weighted by atomic mass is 79.9. The molecule has 2 aliphatic heterocycles. The number of anilines is 2. The number of rotatable bonds is 5. The first kappa shape index (κ1) is 22.1. The third kappa shape index (κ3) is 3.92. The fourth-order valence-electron chi connectivity index (χ4n) is 4.68. The third-order valence-electron chi connectivity index (χ3n) is 6.50. The van der Waals surface area contributed by atoms with Crippen LogP contribution in [0.25, 0.3) is 21.9 Å². The second kappa shape index (κ2) is 8.99. The summed E-state index contributed by atoms with van der Waals surface area (Å²) < 4.78 is 1.01. The summed E-state index contributed by atoms with van der Waals surface area (Å²) in [5, 5.41) is 16.1. The van der Waals surface area contributed by atoms with Crippen molar-refractivity contribution in [3.63, 3.8) is 0 Å². The van der Waals surface area contributed by atoms with Gasteiger partial charge in [0.05, 0.1) is 21.5 Å². The van der Waals surface area contributed by atoms with Crippen LogP contribution in [-0.2, 0) is 6.42 Å². The molecule has 34 heavy (non-hydrogen) atoms. The molecule has 10 heteroatoms. The molecular weight excluding hydrogens is 514 g/mol. The lowest BCUT2D eigenvalue weighted by Gasteiger charge is -2.37. The lowest BCUT2D eigenvalue weighted by molar-refractivity contribution is 0.141. The minimum absolute atomic E-state index is 0.305. The van der Waals surface area contributed by atoms with Crippen molar-refractivity contribution in [3.05, 3.63) is 40.6 Å². The normalized spacial score (nSPS) is 17.0. The summed E-state index contributed by atoms with van der Waals surface area (Å²) >= 11 is 5.27. The fraction of sp³-hybridized carbons (Fsp3) is 0.375. The van der Waals surface area contributed by atoms with Crippen molar-refractivity contribution < 1.29 is 5.11 Å². The number of benzene rings is 1. The smallest absolute Gasteiger partial charge is 0.196 e. The van der Waals surface area contributed by atoms with Gasteiger partial charge < -0.3 is 25.2 Å². The number of fused-ring (bicyclic) bond motifs is 2. The molecular formula is C24H26BrN7OS. The van der Waals surface area contributed by atoms with Gasteiger partial charge in [-0.3, -0.25) is 4.98 Å². The molecule has 2 aliphatic rings. The van der Waals surface area contributed by atoms with E-state index in [-0.39, 0.29) is 6.10 Å². The van der Waals surface area contributed by atoms with Crippen LogP contribution in [0.5, 0.6) is 0 Å². The highest BCUT2D eigenvalue weighted by molar-refractivity contribution is 9.10. The molecule has 0 saturated carbocycles. The van der Waals surface area contributed by atoms with E-state index in [4.69, 9.17) is 9.97 Å². The summed E-state index contributed by atoms with van der Waals surface area (Å²) in [6.45, 7) is 7.30. The molecule has 0 radical (unpaired) electrons. The predicted octanol–water partition coefficient (Wildman–Crippen LogP) is 3.57. The Balaban J connectivity index is 1.36. The van der Waals surface area contributed by atoms with Crippen molar-refractivity contribution in [3.8, 4) is 0 Å². The van der Waals surface area contributed by atoms with Crippen molar-refractivity contribution in [2.75, 3.05) is 49.1 Å². The van der Waals surface area contributed by atoms with Crippen LogP contribution in [0, 0.1) is 0 Å². The van der Waals surface area contributed by atoms with E-state index in [2.05, 4.69) is 72.2 Å². The highest BCUT2D eigenvalue weighted by Crippen LogP contribution is 2.38. The summed E-state index contributed by atoms with van der Waals surface area (Å²) in [7, 11) is 0. The highest BCUT2D eigenvalue weighted by Gasteiger charge is 2.29. The average molecular weight is 540 g/mol. The summed E-state index contributed by atoms with van der Waals surface area (Å²) in [5.74, 6) is 0.862. The summed E-state index contributed by atoms with van der Waals surface area (Å²) in [4.78, 5) is 23.4. The van der Waals surface area contributed by atoms with Gasteiger partial charge in [0.25, 0.3) is 0 Å². The van der Waals surface area contributed by atoms with Gasteiger partial charge in [0.2, 0.25) is 0 Å². The number of pyridine rings is 1. The zero-order valence-corrected chi connectivity index (χ0v) is 21.3. The lowest BCUT2D eigenvalue weighted by atomic mass is 10.1. The van der Waals surface area contributed by atoms with E-state index in [9.17, 15) is 5.11 Å². The SMILES string of the molecule is CCc1[nH]c2nc(Sc3ccc4c(N5CCNCC5)ccnc4c3)nc(N3CC(O)C3)c2c1Br. The molecule has 176 valence electrons. The van der Waals surface area contributed by atoms with Crippen molar-refractivity contribution in [2.24, 2.45) is 0 Å². The van der Waals surface area contributed by atoms with Gasteiger partial charge in [-0.1, -0.05) is 6.92 Å². The Kier molecular flexibility index (Phi) is 5.84. The molecule has 0 atom stereocenters. The standard InChI is InChI=1S/C24H26BrN7OS/c1-2-17-21(25)20-22(28-17)29-24(30-23(20)32-12-14(33)13-32)34-15-3-4-16-18(11-15)27-6-5-19(16)31-9-7-26-8-10-31/h3-6,11,14,26,33H,2,7-10,12-13H2,1H3,(H,28,29,30). The van der Waals surface area contributed by atoms with Crippen molar-refractivity contribution >= 4 is 61.1 Å². The Bertz CT molecular complexity index is 1360. The van der Waals surface area contributed by atoms with Gasteiger partial charge in [-0.2, -0.15) is 0 Å². The van der Waals surface area contributed by atoms with Crippen LogP contribution in [-0.4, -0.2) is 70.4 Å². The van der Waals surface area contributed by atoms with E-state index < -0.39 is 0 Å². The van der Waals surface area contributed by atoms with Crippen LogP contribution in [0.4, 0.5) is 11.5 Å². The van der Waals surface area contributed by atoms with Crippen molar-refractivity contribution in [2.45, 2.75) is 29.5 Å². The molecule has 6 rings (SSSR count). The number of hydrogen-bond donors (Lipinski definition) is 3. The molecule has 0 spiro atoms. The Labute approximate surface area is 210 Å². The summed E-state index contributed by atoms with van der Waals surface area (Å²) in [5.41, 5.74) is 4.13. The Hall–Kier alpha value is -2.40. The second-order valence-electron chi connectivity index (χ2n) is 8.73. The minimum atomic E-state index is -0.305. The maximum absolute atomic E-state index is 9.87. The van der Waals surface area contributed by atoms with Crippen LogP contribution in [0.15, 0.2) is 45.0 Å². The number of hydrogen-bond acceptors (Lipinski definition) is 8. The quantitative estimate of drug-likeness (QED) is 0.331. The van der Waals surface area contributed by atoms with E-state index in [1.165, 1.54) is 22.8 Å². The van der Waals surface area contributed by atoms with Gasteiger partial charge in [-0.15, -0.1) is 0 Å². The number of aromatic nitrogens is 4. The average Bonchev–Trinajstić information content (AvgIpc) is 3.17. The zero-order valence-electron chi connectivity index (χ0n) is 18.9. The topological polar surface area (TPSA) is 93.2 Å². The number of nitrogens with zero attached hydrogens (tertiary/aromatic N) is 5. The third-order valence-corrected chi connectivity index (χ3v) is 8.23. The Morgan fingerprint density at radius 1 is 1.15 bits per heavy atom. The molecule has 2 fully saturated rings. The van der Waals surface area contributed by atoms with Gasteiger partial charge in [0, 0.05) is 67.1 Å². The van der Waals surface area contributed by atoms with Gasteiger partial charge in [-0.05, 0) is 58.4 Å². The Morgan fingerprint density at radius 2 is 1.97 bits per heavy atom. The number of H-pyrrole nitrogens is 1. The van der Waals surface area contributed by atoms with Crippen LogP contribution in [0.3, 0.4) is 0 Å². The molecule has 8 nitrogen and oxygen atoms in total. The van der Waals surface area contributed by atoms with E-state index in [1.807, 2.05) is 6.20 Å². The molecule has 0 amide bonds. The van der Waals surface area contributed by atoms with Crippen LogP contribution in [0.2, 0.25) is 0 Å². The number of piperazine rings is 1. The molecule has 1 aromatic carbocycles. The van der Waals surface area contributed by atoms with Crippen molar-refractivity contribution in [1.29, 1.82) is 0 Å². The first-order chi connectivity index (χ1) is 16.6. The van der Waals surface area contributed by atoms with Gasteiger partial charge in [0.15, 0.2) is 5.16 Å². The number of halogens is 1. The van der Waals surface area contributed by atoms with Gasteiger partial charge in [-0.25, -0.2) is 9.97 Å². The van der Waals surface area contributed by atoms with E-state index >= 15 is 0 Å². The molecule has 0 aliphatic carbocycles. The number of aliphatic hydroxyl groups excluding tert-OH is 1. The molecule has 0 bridgehead atoms. The van der Waals surface area contributed by atoms with Crippen LogP contribution in [0.1, 0.15) is 12.6 Å². The molecule has 4 aromatic rings. The second-order valence-corrected chi connectivity index (χ2v) is 10.6. The van der Waals surface area contributed by atoms with Gasteiger partial charge in [0.1, 0.15) is 11.5 Å². The molecule has 3 N–H and O–H groups in total. The Morgan fingerprint density at radius 3 is 2.74 bits per heavy atom. The summed E-state index contributed by atoms with van der Waals surface area (Å²) in [6.07, 6.45) is 2.46. The van der Waals surface area contributed by atoms with E-state index in [0.29, 0.717) is 18.2 Å². The van der Waals surface area contributed by atoms with Crippen molar-refractivity contribution in [1.82, 2.24) is 25.3 Å². The zero-order chi connectivity index (χ0) is 23.2. The maximum Gasteiger partial charge on any atom is 0.196 e. The van der Waals surface area contributed by atoms with Gasteiger partial charge >= 0.3 is 0 Å². The number of aromatic amines is 1. The van der Waals surface area contributed by atoms with Crippen LogP contribution < -0.4 is 15.1 Å².